The molecule has 0 aromatic heterocycles. The molecule has 1 unspecified atom stereocenters. The van der Waals surface area contributed by atoms with Crippen molar-refractivity contribution in [2.45, 2.75) is 37.6 Å². The maximum Gasteiger partial charge on any atom is 0.243 e. The summed E-state index contributed by atoms with van der Waals surface area (Å²) in [6, 6.07) is 11.1. The van der Waals surface area contributed by atoms with Crippen molar-refractivity contribution in [3.63, 3.8) is 0 Å². The summed E-state index contributed by atoms with van der Waals surface area (Å²) in [6.07, 6.45) is 1.57. The molecule has 0 N–H and O–H groups in total. The molecular weight excluding hydrogens is 313 g/mol. The summed E-state index contributed by atoms with van der Waals surface area (Å²) in [5.74, 6) is -0.310. The van der Waals surface area contributed by atoms with Crippen LogP contribution in [-0.4, -0.2) is 19.3 Å². The van der Waals surface area contributed by atoms with Crippen molar-refractivity contribution in [1.82, 2.24) is 4.31 Å². The molecule has 0 aliphatic carbocycles. The lowest BCUT2D eigenvalue weighted by molar-refractivity contribution is 0.396. The smallest absolute Gasteiger partial charge is 0.207 e. The number of sulfonamides is 1. The lowest BCUT2D eigenvalue weighted by Crippen LogP contribution is -2.30. The maximum absolute atomic E-state index is 13.1. The van der Waals surface area contributed by atoms with Crippen LogP contribution in [0.5, 0.6) is 0 Å². The van der Waals surface area contributed by atoms with Gasteiger partial charge in [0.05, 0.1) is 10.9 Å². The van der Waals surface area contributed by atoms with E-state index < -0.39 is 10.0 Å². The summed E-state index contributed by atoms with van der Waals surface area (Å²) in [5, 5.41) is 0. The van der Waals surface area contributed by atoms with E-state index in [1.165, 1.54) is 12.1 Å². The fourth-order valence-corrected chi connectivity index (χ4v) is 4.82. The number of benzene rings is 2. The molecule has 122 valence electrons. The van der Waals surface area contributed by atoms with Gasteiger partial charge in [0.1, 0.15) is 5.82 Å². The number of hydrogen-bond acceptors (Lipinski definition) is 2. The summed E-state index contributed by atoms with van der Waals surface area (Å²) in [6.45, 7) is 4.37. The van der Waals surface area contributed by atoms with E-state index in [1.54, 1.807) is 28.6 Å². The average molecular weight is 333 g/mol. The van der Waals surface area contributed by atoms with Crippen molar-refractivity contribution in [1.29, 1.82) is 0 Å². The molecule has 0 bridgehead atoms. The van der Waals surface area contributed by atoms with Crippen molar-refractivity contribution in [3.05, 3.63) is 65.0 Å². The summed E-state index contributed by atoms with van der Waals surface area (Å²) in [5.41, 5.74) is 2.88. The standard InChI is InChI=1S/C18H20FNO2S/c1-13-5-10-17(12-14(13)2)23(21,22)20-11-3-4-18(20)15-6-8-16(19)9-7-15/h5-10,12,18H,3-4,11H2,1-2H3. The highest BCUT2D eigenvalue weighted by atomic mass is 32.2. The van der Waals surface area contributed by atoms with Gasteiger partial charge in [-0.05, 0) is 67.6 Å². The summed E-state index contributed by atoms with van der Waals surface area (Å²) >= 11 is 0. The second kappa shape index (κ2) is 6.06. The minimum Gasteiger partial charge on any atom is -0.207 e. The topological polar surface area (TPSA) is 37.4 Å². The molecular formula is C18H20FNO2S. The maximum atomic E-state index is 13.1. The molecule has 1 fully saturated rings. The Kier molecular flexibility index (Phi) is 4.25. The molecule has 2 aromatic carbocycles. The molecule has 3 rings (SSSR count). The zero-order valence-corrected chi connectivity index (χ0v) is 14.1. The van der Waals surface area contributed by atoms with Gasteiger partial charge in [-0.15, -0.1) is 0 Å². The van der Waals surface area contributed by atoms with Crippen LogP contribution in [-0.2, 0) is 10.0 Å². The fraction of sp³-hybridized carbons (Fsp3) is 0.333. The molecule has 1 saturated heterocycles. The van der Waals surface area contributed by atoms with E-state index in [4.69, 9.17) is 0 Å². The van der Waals surface area contributed by atoms with Crippen molar-refractivity contribution >= 4 is 10.0 Å². The normalized spacial score (nSPS) is 19.2. The molecule has 0 radical (unpaired) electrons. The molecule has 0 saturated carbocycles. The molecule has 1 atom stereocenters. The van der Waals surface area contributed by atoms with E-state index in [1.807, 2.05) is 19.9 Å². The first-order chi connectivity index (χ1) is 10.9. The number of halogens is 1. The van der Waals surface area contributed by atoms with Crippen LogP contribution < -0.4 is 0 Å². The molecule has 1 heterocycles. The third kappa shape index (κ3) is 3.03. The van der Waals surface area contributed by atoms with E-state index in [0.717, 1.165) is 29.5 Å². The van der Waals surface area contributed by atoms with Crippen molar-refractivity contribution < 1.29 is 12.8 Å². The van der Waals surface area contributed by atoms with E-state index in [2.05, 4.69) is 0 Å². The lowest BCUT2D eigenvalue weighted by Gasteiger charge is -2.24. The van der Waals surface area contributed by atoms with Gasteiger partial charge in [0.15, 0.2) is 0 Å². The Balaban J connectivity index is 1.97. The largest absolute Gasteiger partial charge is 0.243 e. The first-order valence-corrected chi connectivity index (χ1v) is 9.18. The summed E-state index contributed by atoms with van der Waals surface area (Å²) in [7, 11) is -3.55. The van der Waals surface area contributed by atoms with Crippen LogP contribution in [0.25, 0.3) is 0 Å². The van der Waals surface area contributed by atoms with Gasteiger partial charge in [-0.3, -0.25) is 0 Å². The third-order valence-electron chi connectivity index (χ3n) is 4.54. The number of nitrogens with zero attached hydrogens (tertiary/aromatic N) is 1. The predicted octanol–water partition coefficient (Wildman–Crippen LogP) is 3.97. The predicted molar refractivity (Wildman–Crippen MR) is 88.2 cm³/mol. The van der Waals surface area contributed by atoms with E-state index >= 15 is 0 Å². The number of rotatable bonds is 3. The Morgan fingerprint density at radius 3 is 2.39 bits per heavy atom. The van der Waals surface area contributed by atoms with Gasteiger partial charge in [-0.25, -0.2) is 12.8 Å². The van der Waals surface area contributed by atoms with Gasteiger partial charge in [-0.2, -0.15) is 4.31 Å². The van der Waals surface area contributed by atoms with Crippen LogP contribution >= 0.6 is 0 Å². The van der Waals surface area contributed by atoms with Crippen molar-refractivity contribution in [2.24, 2.45) is 0 Å². The zero-order valence-electron chi connectivity index (χ0n) is 13.3. The monoisotopic (exact) mass is 333 g/mol. The fourth-order valence-electron chi connectivity index (χ4n) is 3.06. The highest BCUT2D eigenvalue weighted by Gasteiger charge is 2.36. The Bertz CT molecular complexity index is 815. The molecule has 23 heavy (non-hydrogen) atoms. The van der Waals surface area contributed by atoms with Gasteiger partial charge in [0.25, 0.3) is 0 Å². The SMILES string of the molecule is Cc1ccc(S(=O)(=O)N2CCCC2c2ccc(F)cc2)cc1C. The Labute approximate surface area is 136 Å². The first kappa shape index (κ1) is 16.1. The van der Waals surface area contributed by atoms with E-state index in [-0.39, 0.29) is 11.9 Å². The highest BCUT2D eigenvalue weighted by Crippen LogP contribution is 2.36. The second-order valence-corrected chi connectivity index (χ2v) is 7.96. The average Bonchev–Trinajstić information content (AvgIpc) is 3.01. The number of aryl methyl sites for hydroxylation is 2. The van der Waals surface area contributed by atoms with E-state index in [9.17, 15) is 12.8 Å². The molecule has 0 spiro atoms. The van der Waals surface area contributed by atoms with Crippen LogP contribution in [0.4, 0.5) is 4.39 Å². The molecule has 1 aliphatic heterocycles. The van der Waals surface area contributed by atoms with Gasteiger partial charge < -0.3 is 0 Å². The van der Waals surface area contributed by atoms with Gasteiger partial charge in [-0.1, -0.05) is 18.2 Å². The third-order valence-corrected chi connectivity index (χ3v) is 6.45. The second-order valence-electron chi connectivity index (χ2n) is 6.07. The van der Waals surface area contributed by atoms with Gasteiger partial charge in [0, 0.05) is 6.54 Å². The Hall–Kier alpha value is -1.72. The van der Waals surface area contributed by atoms with Crippen LogP contribution in [0.2, 0.25) is 0 Å². The van der Waals surface area contributed by atoms with Crippen LogP contribution in [0.1, 0.15) is 35.6 Å². The summed E-state index contributed by atoms with van der Waals surface area (Å²) < 4.78 is 40.7. The zero-order chi connectivity index (χ0) is 16.6. The molecule has 0 amide bonds. The molecule has 1 aliphatic rings. The van der Waals surface area contributed by atoms with Crippen LogP contribution in [0, 0.1) is 19.7 Å². The minimum atomic E-state index is -3.55. The van der Waals surface area contributed by atoms with Crippen LogP contribution in [0.3, 0.4) is 0 Å². The minimum absolute atomic E-state index is 0.220. The highest BCUT2D eigenvalue weighted by molar-refractivity contribution is 7.89. The van der Waals surface area contributed by atoms with Gasteiger partial charge in [0.2, 0.25) is 10.0 Å². The molecule has 2 aromatic rings. The Morgan fingerprint density at radius 2 is 1.74 bits per heavy atom. The molecule has 5 heteroatoms. The van der Waals surface area contributed by atoms with Gasteiger partial charge >= 0.3 is 0 Å². The molecule has 3 nitrogen and oxygen atoms in total. The van der Waals surface area contributed by atoms with Crippen LogP contribution in [0.15, 0.2) is 47.4 Å². The first-order valence-electron chi connectivity index (χ1n) is 7.74. The van der Waals surface area contributed by atoms with E-state index in [0.29, 0.717) is 11.4 Å². The summed E-state index contributed by atoms with van der Waals surface area (Å²) in [4.78, 5) is 0.328. The van der Waals surface area contributed by atoms with Crippen molar-refractivity contribution in [2.75, 3.05) is 6.54 Å². The number of hydrogen-bond donors (Lipinski definition) is 0. The lowest BCUT2D eigenvalue weighted by atomic mass is 10.1. The van der Waals surface area contributed by atoms with Crippen molar-refractivity contribution in [3.8, 4) is 0 Å². The quantitative estimate of drug-likeness (QED) is 0.852. The Morgan fingerprint density at radius 1 is 1.04 bits per heavy atom.